The number of carbonyl (C=O) groups excluding carboxylic acids is 1. The highest BCUT2D eigenvalue weighted by molar-refractivity contribution is 7.17. The van der Waals surface area contributed by atoms with Gasteiger partial charge in [-0.3, -0.25) is 4.79 Å². The summed E-state index contributed by atoms with van der Waals surface area (Å²) in [6, 6.07) is 9.46. The van der Waals surface area contributed by atoms with Crippen molar-refractivity contribution >= 4 is 28.6 Å². The number of nitrogens with zero attached hydrogens (tertiary/aromatic N) is 1. The summed E-state index contributed by atoms with van der Waals surface area (Å²) in [5.74, 6) is -0.190. The van der Waals surface area contributed by atoms with Crippen molar-refractivity contribution in [1.82, 2.24) is 10.3 Å². The van der Waals surface area contributed by atoms with E-state index in [-0.39, 0.29) is 11.9 Å². The Labute approximate surface area is 141 Å². The topological polar surface area (TPSA) is 62.2 Å². The van der Waals surface area contributed by atoms with Gasteiger partial charge in [-0.2, -0.15) is 11.3 Å². The maximum absolute atomic E-state index is 12.5. The minimum absolute atomic E-state index is 0.190. The summed E-state index contributed by atoms with van der Waals surface area (Å²) in [4.78, 5) is 17.4. The zero-order valence-corrected chi connectivity index (χ0v) is 13.7. The first-order valence-corrected chi connectivity index (χ1v) is 9.03. The van der Waals surface area contributed by atoms with E-state index >= 15 is 0 Å². The molecule has 0 spiro atoms. The number of thiazole rings is 1. The smallest absolute Gasteiger partial charge is 0.263 e. The second kappa shape index (κ2) is 5.88. The SMILES string of the molecule is O=C(NC1c2ccccc2CC1O)c1cnc(-c2ccsc2)s1. The lowest BCUT2D eigenvalue weighted by Crippen LogP contribution is -2.33. The molecular formula is C17H14N2O2S2. The van der Waals surface area contributed by atoms with Gasteiger partial charge in [0.05, 0.1) is 18.3 Å². The molecule has 1 aliphatic rings. The van der Waals surface area contributed by atoms with Crippen LogP contribution < -0.4 is 5.32 Å². The third-order valence-electron chi connectivity index (χ3n) is 3.99. The summed E-state index contributed by atoms with van der Waals surface area (Å²) in [6.07, 6.45) is 1.59. The van der Waals surface area contributed by atoms with E-state index in [1.165, 1.54) is 11.3 Å². The van der Waals surface area contributed by atoms with Gasteiger partial charge in [0.2, 0.25) is 0 Å². The van der Waals surface area contributed by atoms with Gasteiger partial charge in [0.1, 0.15) is 9.88 Å². The number of fused-ring (bicyclic) bond motifs is 1. The third kappa shape index (κ3) is 2.69. The summed E-state index contributed by atoms with van der Waals surface area (Å²) < 4.78 is 0. The van der Waals surface area contributed by atoms with E-state index in [9.17, 15) is 9.90 Å². The minimum atomic E-state index is -0.583. The summed E-state index contributed by atoms with van der Waals surface area (Å²) in [5, 5.41) is 18.0. The molecular weight excluding hydrogens is 328 g/mol. The monoisotopic (exact) mass is 342 g/mol. The average Bonchev–Trinajstić information content (AvgIpc) is 3.27. The maximum atomic E-state index is 12.5. The van der Waals surface area contributed by atoms with Crippen LogP contribution in [0.1, 0.15) is 26.8 Å². The third-order valence-corrected chi connectivity index (χ3v) is 5.72. The molecule has 0 bridgehead atoms. The molecule has 1 amide bonds. The predicted octanol–water partition coefficient (Wildman–Crippen LogP) is 3.26. The van der Waals surface area contributed by atoms with Crippen molar-refractivity contribution in [3.8, 4) is 10.6 Å². The Morgan fingerprint density at radius 2 is 2.17 bits per heavy atom. The highest BCUT2D eigenvalue weighted by atomic mass is 32.1. The zero-order valence-electron chi connectivity index (χ0n) is 12.1. The Balaban J connectivity index is 1.55. The number of rotatable bonds is 3. The summed E-state index contributed by atoms with van der Waals surface area (Å²) in [7, 11) is 0. The van der Waals surface area contributed by atoms with E-state index in [1.54, 1.807) is 17.5 Å². The number of nitrogens with one attached hydrogen (secondary N) is 1. The van der Waals surface area contributed by atoms with Crippen molar-refractivity contribution in [2.45, 2.75) is 18.6 Å². The minimum Gasteiger partial charge on any atom is -0.390 e. The van der Waals surface area contributed by atoms with Crippen LogP contribution in [-0.4, -0.2) is 22.1 Å². The van der Waals surface area contributed by atoms with Gasteiger partial charge in [0, 0.05) is 17.4 Å². The van der Waals surface area contributed by atoms with Gasteiger partial charge in [0.25, 0.3) is 5.91 Å². The molecule has 1 aliphatic carbocycles. The molecule has 0 aliphatic heterocycles. The number of hydrogen-bond donors (Lipinski definition) is 2. The number of aliphatic hydroxyl groups excluding tert-OH is 1. The van der Waals surface area contributed by atoms with E-state index < -0.39 is 6.10 Å². The molecule has 4 rings (SSSR count). The molecule has 1 aromatic carbocycles. The van der Waals surface area contributed by atoms with Crippen LogP contribution in [0.3, 0.4) is 0 Å². The van der Waals surface area contributed by atoms with Gasteiger partial charge in [-0.15, -0.1) is 11.3 Å². The molecule has 3 aromatic rings. The number of aromatic nitrogens is 1. The first-order valence-electron chi connectivity index (χ1n) is 7.27. The van der Waals surface area contributed by atoms with Crippen LogP contribution >= 0.6 is 22.7 Å². The first-order chi connectivity index (χ1) is 11.2. The fraction of sp³-hybridized carbons (Fsp3) is 0.176. The van der Waals surface area contributed by atoms with Crippen molar-refractivity contribution < 1.29 is 9.90 Å². The maximum Gasteiger partial charge on any atom is 0.263 e. The van der Waals surface area contributed by atoms with Crippen molar-refractivity contribution in [3.63, 3.8) is 0 Å². The predicted molar refractivity (Wildman–Crippen MR) is 91.8 cm³/mol. The second-order valence-corrected chi connectivity index (χ2v) is 7.27. The molecule has 2 aromatic heterocycles. The molecule has 0 fully saturated rings. The van der Waals surface area contributed by atoms with Crippen LogP contribution in [0.25, 0.3) is 10.6 Å². The molecule has 0 saturated heterocycles. The van der Waals surface area contributed by atoms with E-state index in [4.69, 9.17) is 0 Å². The molecule has 2 heterocycles. The Morgan fingerprint density at radius 1 is 1.30 bits per heavy atom. The average molecular weight is 342 g/mol. The lowest BCUT2D eigenvalue weighted by molar-refractivity contribution is 0.0862. The van der Waals surface area contributed by atoms with Crippen molar-refractivity contribution in [2.75, 3.05) is 0 Å². The molecule has 6 heteroatoms. The Bertz CT molecular complexity index is 842. The largest absolute Gasteiger partial charge is 0.390 e. The lowest BCUT2D eigenvalue weighted by Gasteiger charge is -2.17. The second-order valence-electron chi connectivity index (χ2n) is 5.46. The number of carbonyl (C=O) groups is 1. The molecule has 23 heavy (non-hydrogen) atoms. The van der Waals surface area contributed by atoms with Gasteiger partial charge in [-0.1, -0.05) is 24.3 Å². The van der Waals surface area contributed by atoms with Crippen LogP contribution in [0.5, 0.6) is 0 Å². The van der Waals surface area contributed by atoms with Gasteiger partial charge in [-0.05, 0) is 22.6 Å². The van der Waals surface area contributed by atoms with E-state index in [2.05, 4.69) is 10.3 Å². The highest BCUT2D eigenvalue weighted by Crippen LogP contribution is 2.32. The zero-order chi connectivity index (χ0) is 15.8. The normalized spacial score (nSPS) is 19.5. The molecule has 2 unspecified atom stereocenters. The number of benzene rings is 1. The van der Waals surface area contributed by atoms with Crippen LogP contribution in [0.15, 0.2) is 47.3 Å². The molecule has 2 atom stereocenters. The van der Waals surface area contributed by atoms with Crippen LogP contribution in [-0.2, 0) is 6.42 Å². The highest BCUT2D eigenvalue weighted by Gasteiger charge is 2.32. The van der Waals surface area contributed by atoms with Gasteiger partial charge in [0.15, 0.2) is 0 Å². The number of amides is 1. The van der Waals surface area contributed by atoms with E-state index in [0.29, 0.717) is 11.3 Å². The van der Waals surface area contributed by atoms with Gasteiger partial charge < -0.3 is 10.4 Å². The van der Waals surface area contributed by atoms with Crippen molar-refractivity contribution in [2.24, 2.45) is 0 Å². The van der Waals surface area contributed by atoms with E-state index in [1.807, 2.05) is 41.1 Å². The van der Waals surface area contributed by atoms with E-state index in [0.717, 1.165) is 21.7 Å². The Morgan fingerprint density at radius 3 is 3.00 bits per heavy atom. The van der Waals surface area contributed by atoms with Gasteiger partial charge >= 0.3 is 0 Å². The van der Waals surface area contributed by atoms with Gasteiger partial charge in [-0.25, -0.2) is 4.98 Å². The molecule has 2 N–H and O–H groups in total. The number of thiophene rings is 1. The summed E-state index contributed by atoms with van der Waals surface area (Å²) in [5.41, 5.74) is 3.12. The fourth-order valence-corrected chi connectivity index (χ4v) is 4.39. The van der Waals surface area contributed by atoms with Crippen LogP contribution in [0, 0.1) is 0 Å². The molecule has 4 nitrogen and oxygen atoms in total. The molecule has 116 valence electrons. The Hall–Kier alpha value is -2.02. The quantitative estimate of drug-likeness (QED) is 0.768. The Kier molecular flexibility index (Phi) is 3.72. The van der Waals surface area contributed by atoms with Crippen molar-refractivity contribution in [3.05, 3.63) is 63.3 Å². The summed E-state index contributed by atoms with van der Waals surface area (Å²) in [6.45, 7) is 0. The lowest BCUT2D eigenvalue weighted by atomic mass is 10.1. The number of hydrogen-bond acceptors (Lipinski definition) is 5. The fourth-order valence-electron chi connectivity index (χ4n) is 2.86. The van der Waals surface area contributed by atoms with Crippen LogP contribution in [0.4, 0.5) is 0 Å². The first kappa shape index (κ1) is 14.6. The van der Waals surface area contributed by atoms with Crippen LogP contribution in [0.2, 0.25) is 0 Å². The summed E-state index contributed by atoms with van der Waals surface area (Å²) >= 11 is 2.97. The standard InChI is InChI=1S/C17H14N2O2S2/c20-13-7-10-3-1-2-4-12(10)15(13)19-16(21)14-8-18-17(23-14)11-5-6-22-9-11/h1-6,8-9,13,15,20H,7H2,(H,19,21). The molecule has 0 radical (unpaired) electrons. The van der Waals surface area contributed by atoms with Crippen molar-refractivity contribution in [1.29, 1.82) is 0 Å². The number of aliphatic hydroxyl groups is 1. The molecule has 0 saturated carbocycles.